The van der Waals surface area contributed by atoms with Gasteiger partial charge in [-0.15, -0.1) is 9.78 Å². The van der Waals surface area contributed by atoms with Gasteiger partial charge in [0, 0.05) is 42.6 Å². The Kier molecular flexibility index (Phi) is 8.76. The van der Waals surface area contributed by atoms with Crippen LogP contribution in [0.15, 0.2) is 53.6 Å². The van der Waals surface area contributed by atoms with Gasteiger partial charge in [-0.2, -0.15) is 0 Å². The number of anilines is 1. The van der Waals surface area contributed by atoms with Gasteiger partial charge in [-0.3, -0.25) is 15.2 Å². The van der Waals surface area contributed by atoms with Crippen LogP contribution in [0.1, 0.15) is 36.3 Å². The summed E-state index contributed by atoms with van der Waals surface area (Å²) in [6, 6.07) is 8.72. The van der Waals surface area contributed by atoms with Crippen LogP contribution < -0.4 is 31.0 Å². The van der Waals surface area contributed by atoms with Crippen LogP contribution >= 0.6 is 0 Å². The molecule has 0 bridgehead atoms. The number of halogens is 1. The first-order valence-electron chi connectivity index (χ1n) is 12.2. The van der Waals surface area contributed by atoms with E-state index in [2.05, 4.69) is 25.4 Å². The maximum atomic E-state index is 16.0. The monoisotopic (exact) mass is 566 g/mol. The van der Waals surface area contributed by atoms with E-state index in [4.69, 9.17) is 35.3 Å². The number of aromatic nitrogens is 5. The van der Waals surface area contributed by atoms with Crippen molar-refractivity contribution < 1.29 is 28.5 Å². The molecular formula is C26H27FN8O6. The molecule has 14 nitrogen and oxygen atoms in total. The number of aromatic amines is 1. The summed E-state index contributed by atoms with van der Waals surface area (Å²) in [7, 11) is 1.44. The highest BCUT2D eigenvalue weighted by molar-refractivity contribution is 5.95. The van der Waals surface area contributed by atoms with Crippen molar-refractivity contribution in [2.45, 2.75) is 19.4 Å². The van der Waals surface area contributed by atoms with Crippen LogP contribution in [0.4, 0.5) is 10.1 Å². The van der Waals surface area contributed by atoms with Crippen molar-refractivity contribution in [3.05, 3.63) is 82.0 Å². The molecule has 3 heterocycles. The summed E-state index contributed by atoms with van der Waals surface area (Å²) in [6.45, 7) is 1.69. The fraction of sp³-hybridized carbons (Fsp3) is 0.231. The van der Waals surface area contributed by atoms with Gasteiger partial charge in [0.25, 0.3) is 11.9 Å². The first kappa shape index (κ1) is 28.5. The number of methoxy groups -OCH3 is 1. The fourth-order valence-corrected chi connectivity index (χ4v) is 3.86. The lowest BCUT2D eigenvalue weighted by atomic mass is 10.0. The van der Waals surface area contributed by atoms with Crippen molar-refractivity contribution in [1.82, 2.24) is 24.7 Å². The van der Waals surface area contributed by atoms with Crippen molar-refractivity contribution in [3.8, 4) is 23.2 Å². The molecule has 0 spiro atoms. The molecule has 41 heavy (non-hydrogen) atoms. The molecule has 2 aromatic carbocycles. The van der Waals surface area contributed by atoms with Gasteiger partial charge in [0.1, 0.15) is 11.9 Å². The third kappa shape index (κ3) is 6.58. The van der Waals surface area contributed by atoms with Gasteiger partial charge in [0.15, 0.2) is 17.4 Å². The number of nitrogens with two attached hydrogens (primary N) is 1. The van der Waals surface area contributed by atoms with Crippen LogP contribution in [-0.2, 0) is 4.79 Å². The number of carboxylic acid groups (broad SMARTS) is 1. The number of amidine groups is 1. The number of carbonyl (C=O) groups is 1. The van der Waals surface area contributed by atoms with E-state index in [1.165, 1.54) is 25.6 Å². The van der Waals surface area contributed by atoms with Gasteiger partial charge in [-0.25, -0.2) is 19.2 Å². The van der Waals surface area contributed by atoms with E-state index >= 15 is 4.39 Å². The lowest BCUT2D eigenvalue weighted by Gasteiger charge is -2.22. The highest BCUT2D eigenvalue weighted by Crippen LogP contribution is 2.45. The number of nitrogen functional groups attached to an aromatic ring is 1. The lowest BCUT2D eigenvalue weighted by molar-refractivity contribution is -0.134. The van der Waals surface area contributed by atoms with Gasteiger partial charge in [0.05, 0.1) is 20.3 Å². The Labute approximate surface area is 232 Å². The zero-order valence-electron chi connectivity index (χ0n) is 22.1. The largest absolute Gasteiger partial charge is 0.493 e. The first-order chi connectivity index (χ1) is 19.7. The number of fused-ring (bicyclic) bond motifs is 1. The molecule has 2 aromatic heterocycles. The summed E-state index contributed by atoms with van der Waals surface area (Å²) in [4.78, 5) is 32.6. The number of H-pyrrole nitrogens is 1. The number of hydrogen-bond donors (Lipinski definition) is 5. The van der Waals surface area contributed by atoms with E-state index in [0.717, 1.165) is 11.6 Å². The lowest BCUT2D eigenvalue weighted by Crippen LogP contribution is -2.18. The average molecular weight is 567 g/mol. The topological polar surface area (TPSA) is 203 Å². The second-order valence-corrected chi connectivity index (χ2v) is 8.55. The maximum Gasteiger partial charge on any atom is 0.350 e. The number of benzene rings is 2. The van der Waals surface area contributed by atoms with Crippen LogP contribution in [0.5, 0.6) is 17.2 Å². The number of ether oxygens (including phenoxy) is 3. The molecule has 6 N–H and O–H groups in total. The minimum atomic E-state index is -1.01. The first-order valence-corrected chi connectivity index (χ1v) is 12.2. The van der Waals surface area contributed by atoms with E-state index in [9.17, 15) is 4.79 Å². The molecule has 1 aliphatic heterocycles. The molecule has 0 amide bonds. The predicted octanol–water partition coefficient (Wildman–Crippen LogP) is 2.24. The Bertz CT molecular complexity index is 1590. The summed E-state index contributed by atoms with van der Waals surface area (Å²) in [5.74, 6) is -1.13. The second-order valence-electron chi connectivity index (χ2n) is 8.55. The van der Waals surface area contributed by atoms with E-state index in [0.29, 0.717) is 24.3 Å². The van der Waals surface area contributed by atoms with Crippen LogP contribution in [0.25, 0.3) is 5.95 Å². The van der Waals surface area contributed by atoms with Gasteiger partial charge >= 0.3 is 5.69 Å². The zero-order valence-corrected chi connectivity index (χ0v) is 22.1. The molecule has 0 saturated heterocycles. The molecule has 0 fully saturated rings. The van der Waals surface area contributed by atoms with Crippen molar-refractivity contribution in [2.24, 2.45) is 5.73 Å². The number of aliphatic carboxylic acids is 1. The molecule has 0 saturated carbocycles. The Morgan fingerprint density at radius 1 is 1.22 bits per heavy atom. The zero-order chi connectivity index (χ0) is 29.5. The molecule has 0 aliphatic carbocycles. The highest BCUT2D eigenvalue weighted by Gasteiger charge is 2.31. The molecule has 4 aromatic rings. The molecule has 15 heteroatoms. The predicted molar refractivity (Wildman–Crippen MR) is 145 cm³/mol. The molecule has 5 rings (SSSR count). The molecule has 0 radical (unpaired) electrons. The van der Waals surface area contributed by atoms with Crippen molar-refractivity contribution in [2.75, 3.05) is 25.6 Å². The van der Waals surface area contributed by atoms with E-state index in [-0.39, 0.29) is 47.0 Å². The third-order valence-electron chi connectivity index (χ3n) is 5.64. The SMILES string of the molecule is CC(=O)O.COc1cc(C(Nc2ccc(C(=N)N)cc2)c2nn(-c3ncccn3)c(=O)[nH]2)c(F)c2c1OCCCO2. The summed E-state index contributed by atoms with van der Waals surface area (Å²) >= 11 is 0. The average Bonchev–Trinajstić information content (AvgIpc) is 3.16. The summed E-state index contributed by atoms with van der Waals surface area (Å²) in [6.07, 6.45) is 3.53. The number of nitrogens with one attached hydrogen (secondary N) is 3. The third-order valence-corrected chi connectivity index (χ3v) is 5.64. The van der Waals surface area contributed by atoms with Crippen LogP contribution in [0.2, 0.25) is 0 Å². The second kappa shape index (κ2) is 12.6. The van der Waals surface area contributed by atoms with Gasteiger partial charge in [0.2, 0.25) is 11.5 Å². The Hall–Kier alpha value is -5.47. The smallest absolute Gasteiger partial charge is 0.350 e. The van der Waals surface area contributed by atoms with Gasteiger partial charge in [-0.05, 0) is 36.4 Å². The van der Waals surface area contributed by atoms with Crippen molar-refractivity contribution in [1.29, 1.82) is 5.41 Å². The van der Waals surface area contributed by atoms with E-state index in [1.807, 2.05) is 0 Å². The van der Waals surface area contributed by atoms with Crippen LogP contribution in [0, 0.1) is 11.2 Å². The van der Waals surface area contributed by atoms with Crippen LogP contribution in [-0.4, -0.2) is 62.0 Å². The van der Waals surface area contributed by atoms with Gasteiger partial charge in [-0.1, -0.05) is 0 Å². The number of rotatable bonds is 7. The highest BCUT2D eigenvalue weighted by atomic mass is 19.1. The number of carboxylic acids is 1. The molecular weight excluding hydrogens is 539 g/mol. The summed E-state index contributed by atoms with van der Waals surface area (Å²) in [5, 5.41) is 22.6. The quantitative estimate of drug-likeness (QED) is 0.162. The molecule has 1 unspecified atom stereocenters. The molecule has 214 valence electrons. The van der Waals surface area contributed by atoms with Crippen molar-refractivity contribution in [3.63, 3.8) is 0 Å². The van der Waals surface area contributed by atoms with Crippen molar-refractivity contribution >= 4 is 17.5 Å². The van der Waals surface area contributed by atoms with Crippen LogP contribution in [0.3, 0.4) is 0 Å². The molecule has 1 atom stereocenters. The fourth-order valence-electron chi connectivity index (χ4n) is 3.86. The Balaban J connectivity index is 0.000000909. The number of nitrogens with zero attached hydrogens (tertiary/aromatic N) is 4. The number of hydrogen-bond acceptors (Lipinski definition) is 10. The summed E-state index contributed by atoms with van der Waals surface area (Å²) in [5.41, 5.74) is 6.11. The maximum absolute atomic E-state index is 16.0. The Morgan fingerprint density at radius 3 is 2.46 bits per heavy atom. The Morgan fingerprint density at radius 2 is 1.85 bits per heavy atom. The normalized spacial score (nSPS) is 12.8. The standard InChI is InChI=1S/C24H23FN8O4.C2H4O2/c1-35-16-12-15(17(25)20-19(16)36-10-3-11-37-20)18(30-14-6-4-13(5-7-14)21(26)27)22-31-24(34)33(32-22)23-28-8-2-9-29-23;1-2(3)4/h2,4-9,12,18,30H,3,10-11H2,1H3,(H3,26,27)(H,31,32,34);1H3,(H,3,4). The minimum Gasteiger partial charge on any atom is -0.493 e. The minimum absolute atomic E-state index is 0.0521. The van der Waals surface area contributed by atoms with Gasteiger partial charge < -0.3 is 30.4 Å². The van der Waals surface area contributed by atoms with E-state index < -0.39 is 23.5 Å². The summed E-state index contributed by atoms with van der Waals surface area (Å²) < 4.78 is 33.8. The molecule has 1 aliphatic rings. The van der Waals surface area contributed by atoms with E-state index in [1.54, 1.807) is 30.3 Å².